The number of amides is 1. The number of carbonyl (C=O) groups is 1. The van der Waals surface area contributed by atoms with Crippen molar-refractivity contribution in [1.29, 1.82) is 0 Å². The van der Waals surface area contributed by atoms with Crippen molar-refractivity contribution in [3.05, 3.63) is 53.6 Å². The molecule has 2 rings (SSSR count). The van der Waals surface area contributed by atoms with Gasteiger partial charge in [-0.2, -0.15) is 26.3 Å². The zero-order valence-corrected chi connectivity index (χ0v) is 20.5. The molecular formula is C25H31F6N3O2. The van der Waals surface area contributed by atoms with Crippen LogP contribution in [-0.2, 0) is 11.3 Å². The van der Waals surface area contributed by atoms with Crippen LogP contribution in [0.4, 0.5) is 31.1 Å². The third-order valence-electron chi connectivity index (χ3n) is 5.71. The summed E-state index contributed by atoms with van der Waals surface area (Å²) in [5, 5.41) is 0. The fraction of sp³-hybridized carbons (Fsp3) is 0.520. The summed E-state index contributed by atoms with van der Waals surface area (Å²) in [6, 6.07) is 6.05. The summed E-state index contributed by atoms with van der Waals surface area (Å²) >= 11 is 0. The van der Waals surface area contributed by atoms with Crippen LogP contribution in [0.3, 0.4) is 0 Å². The molecule has 1 aromatic carbocycles. The Bertz CT molecular complexity index is 963. The second-order valence-corrected chi connectivity index (χ2v) is 8.53. The van der Waals surface area contributed by atoms with Gasteiger partial charge >= 0.3 is 18.4 Å². The van der Waals surface area contributed by atoms with Crippen molar-refractivity contribution < 1.29 is 35.9 Å². The maximum atomic E-state index is 12.7. The lowest BCUT2D eigenvalue weighted by atomic mass is 9.96. The van der Waals surface area contributed by atoms with Crippen LogP contribution in [0.2, 0.25) is 0 Å². The third kappa shape index (κ3) is 8.39. The van der Waals surface area contributed by atoms with Crippen molar-refractivity contribution in [2.75, 3.05) is 32.7 Å². The number of benzene rings is 1. The number of piperazine rings is 1. The Morgan fingerprint density at radius 2 is 1.75 bits per heavy atom. The molecule has 0 saturated carbocycles. The lowest BCUT2D eigenvalue weighted by molar-refractivity contribution is -0.308. The van der Waals surface area contributed by atoms with Gasteiger partial charge in [0, 0.05) is 45.0 Å². The molecule has 0 atom stereocenters. The normalized spacial score (nSPS) is 16.4. The summed E-state index contributed by atoms with van der Waals surface area (Å²) in [6.45, 7) is 11.4. The Hall–Kier alpha value is -2.82. The molecule has 0 radical (unpaired) electrons. The lowest BCUT2D eigenvalue weighted by Gasteiger charge is -2.35. The fourth-order valence-electron chi connectivity index (χ4n) is 3.86. The predicted octanol–water partition coefficient (Wildman–Crippen LogP) is 6.18. The molecule has 1 aliphatic rings. The molecule has 0 spiro atoms. The largest absolute Gasteiger partial charge is 0.434 e. The molecule has 5 nitrogen and oxygen atoms in total. The Morgan fingerprint density at radius 3 is 2.25 bits per heavy atom. The smallest absolute Gasteiger partial charge is 0.426 e. The third-order valence-corrected chi connectivity index (χ3v) is 5.71. The summed E-state index contributed by atoms with van der Waals surface area (Å²) in [4.78, 5) is 19.2. The van der Waals surface area contributed by atoms with Gasteiger partial charge in [0.25, 0.3) is 6.10 Å². The molecule has 200 valence electrons. The number of nitrogens with zero attached hydrogens (tertiary/aromatic N) is 3. The van der Waals surface area contributed by atoms with E-state index in [9.17, 15) is 31.1 Å². The number of alkyl halides is 6. The van der Waals surface area contributed by atoms with Crippen LogP contribution in [0, 0.1) is 6.92 Å². The lowest BCUT2D eigenvalue weighted by Crippen LogP contribution is -2.52. The van der Waals surface area contributed by atoms with Gasteiger partial charge in [0.15, 0.2) is 0 Å². The second kappa shape index (κ2) is 12.4. The highest BCUT2D eigenvalue weighted by Crippen LogP contribution is 2.36. The van der Waals surface area contributed by atoms with E-state index in [2.05, 4.69) is 22.4 Å². The standard InChI is InChI=1S/C25H31F6N3O2/c1-5-7-19(15-18(4)32-6-2)20-8-9-21(17(3)14-20)16-33-10-12-34(13-11-33)23(35)36-22(24(26,27)28)25(29,30)31/h5,8-9,14-15,22H,1,6-7,10-13,16H2,2-4H3/b19-15+,32-18?. The summed E-state index contributed by atoms with van der Waals surface area (Å²) in [7, 11) is 0. The topological polar surface area (TPSA) is 45.1 Å². The van der Waals surface area contributed by atoms with Crippen molar-refractivity contribution >= 4 is 17.4 Å². The fourth-order valence-corrected chi connectivity index (χ4v) is 3.86. The highest BCUT2D eigenvalue weighted by Gasteiger charge is 2.60. The second-order valence-electron chi connectivity index (χ2n) is 8.53. The molecule has 0 N–H and O–H groups in total. The summed E-state index contributed by atoms with van der Waals surface area (Å²) < 4.78 is 79.8. The van der Waals surface area contributed by atoms with Gasteiger partial charge in [-0.3, -0.25) is 9.89 Å². The van der Waals surface area contributed by atoms with E-state index in [0.29, 0.717) is 19.5 Å². The predicted molar refractivity (Wildman–Crippen MR) is 127 cm³/mol. The first kappa shape index (κ1) is 29.4. The molecule has 36 heavy (non-hydrogen) atoms. The molecule has 1 aromatic rings. The molecular weight excluding hydrogens is 488 g/mol. The first-order valence-corrected chi connectivity index (χ1v) is 11.5. The van der Waals surface area contributed by atoms with E-state index in [1.165, 1.54) is 0 Å². The summed E-state index contributed by atoms with van der Waals surface area (Å²) in [5.74, 6) is 0. The van der Waals surface area contributed by atoms with E-state index >= 15 is 0 Å². The first-order valence-electron chi connectivity index (χ1n) is 11.5. The molecule has 1 amide bonds. The van der Waals surface area contributed by atoms with Crippen LogP contribution in [0.15, 0.2) is 41.9 Å². The minimum atomic E-state index is -5.73. The first-order chi connectivity index (χ1) is 16.8. The quantitative estimate of drug-likeness (QED) is 0.234. The van der Waals surface area contributed by atoms with Crippen LogP contribution in [0.5, 0.6) is 0 Å². The number of ether oxygens (including phenoxy) is 1. The van der Waals surface area contributed by atoms with E-state index in [-0.39, 0.29) is 26.2 Å². The Balaban J connectivity index is 2.02. The van der Waals surface area contributed by atoms with E-state index < -0.39 is 24.5 Å². The van der Waals surface area contributed by atoms with Gasteiger partial charge in [-0.25, -0.2) is 4.79 Å². The van der Waals surface area contributed by atoms with E-state index in [1.807, 2.05) is 50.0 Å². The van der Waals surface area contributed by atoms with Crippen LogP contribution >= 0.6 is 0 Å². The molecule has 0 bridgehead atoms. The molecule has 1 heterocycles. The SMILES string of the molecule is C=CC/C(=C\C(C)=NCC)c1ccc(CN2CCN(C(=O)OC(C(F)(F)F)C(F)(F)F)CC2)c(C)c1. The van der Waals surface area contributed by atoms with Gasteiger partial charge < -0.3 is 9.64 Å². The van der Waals surface area contributed by atoms with Gasteiger partial charge in [0.1, 0.15) is 0 Å². The Labute approximate surface area is 207 Å². The average molecular weight is 520 g/mol. The van der Waals surface area contributed by atoms with Crippen molar-refractivity contribution in [3.8, 4) is 0 Å². The number of rotatable bonds is 8. The minimum Gasteiger partial charge on any atom is -0.426 e. The van der Waals surface area contributed by atoms with Crippen LogP contribution in [-0.4, -0.2) is 72.8 Å². The van der Waals surface area contributed by atoms with Crippen molar-refractivity contribution in [3.63, 3.8) is 0 Å². The molecule has 0 aliphatic carbocycles. The van der Waals surface area contributed by atoms with Gasteiger partial charge in [0.2, 0.25) is 0 Å². The highest BCUT2D eigenvalue weighted by atomic mass is 19.4. The zero-order chi connectivity index (χ0) is 27.1. The van der Waals surface area contributed by atoms with Gasteiger partial charge in [-0.1, -0.05) is 24.3 Å². The van der Waals surface area contributed by atoms with Crippen molar-refractivity contribution in [1.82, 2.24) is 9.80 Å². The summed E-state index contributed by atoms with van der Waals surface area (Å²) in [6.07, 6.45) is -12.7. The molecule has 1 aliphatic heterocycles. The monoisotopic (exact) mass is 519 g/mol. The van der Waals surface area contributed by atoms with E-state index in [1.54, 1.807) is 0 Å². The van der Waals surface area contributed by atoms with Gasteiger partial charge in [-0.15, -0.1) is 6.58 Å². The molecule has 0 aromatic heterocycles. The Morgan fingerprint density at radius 1 is 1.14 bits per heavy atom. The number of aryl methyl sites for hydroxylation is 1. The summed E-state index contributed by atoms with van der Waals surface area (Å²) in [5.41, 5.74) is 5.11. The number of hydrogen-bond acceptors (Lipinski definition) is 4. The number of allylic oxidation sites excluding steroid dienone is 3. The highest BCUT2D eigenvalue weighted by molar-refractivity contribution is 5.99. The molecule has 1 fully saturated rings. The van der Waals surface area contributed by atoms with Gasteiger partial charge in [0.05, 0.1) is 0 Å². The number of aliphatic imine (C=N–C) groups is 1. The average Bonchev–Trinajstić information content (AvgIpc) is 2.77. The number of halogens is 6. The molecule has 11 heteroatoms. The van der Waals surface area contributed by atoms with Crippen molar-refractivity contribution in [2.24, 2.45) is 4.99 Å². The van der Waals surface area contributed by atoms with Gasteiger partial charge in [-0.05, 0) is 55.5 Å². The number of hydrogen-bond donors (Lipinski definition) is 0. The van der Waals surface area contributed by atoms with Crippen LogP contribution in [0.1, 0.15) is 37.0 Å². The van der Waals surface area contributed by atoms with Crippen LogP contribution in [0.25, 0.3) is 5.57 Å². The molecule has 0 unspecified atom stereocenters. The minimum absolute atomic E-state index is 0.0410. The van der Waals surface area contributed by atoms with Crippen molar-refractivity contribution in [2.45, 2.75) is 52.2 Å². The zero-order valence-electron chi connectivity index (χ0n) is 20.5. The maximum absolute atomic E-state index is 12.7. The van der Waals surface area contributed by atoms with E-state index in [0.717, 1.165) is 32.9 Å². The molecule has 1 saturated heterocycles. The van der Waals surface area contributed by atoms with E-state index in [4.69, 9.17) is 0 Å². The number of carbonyl (C=O) groups excluding carboxylic acids is 1. The Kier molecular flexibility index (Phi) is 10.2. The van der Waals surface area contributed by atoms with Crippen LogP contribution < -0.4 is 0 Å². The maximum Gasteiger partial charge on any atom is 0.434 e.